The number of hydrogen-bond acceptors (Lipinski definition) is 3. The molecule has 0 amide bonds. The van der Waals surface area contributed by atoms with Crippen LogP contribution < -0.4 is 14.8 Å². The first-order valence-corrected chi connectivity index (χ1v) is 8.36. The first-order valence-electron chi connectivity index (χ1n) is 8.36. The summed E-state index contributed by atoms with van der Waals surface area (Å²) in [5.74, 6) is 1.74. The Labute approximate surface area is 129 Å². The summed E-state index contributed by atoms with van der Waals surface area (Å²) in [6.45, 7) is 8.04. The molecule has 21 heavy (non-hydrogen) atoms. The van der Waals surface area contributed by atoms with Crippen molar-refractivity contribution in [1.82, 2.24) is 5.32 Å². The van der Waals surface area contributed by atoms with Crippen LogP contribution in [0.5, 0.6) is 11.5 Å². The van der Waals surface area contributed by atoms with Crippen molar-refractivity contribution in [3.8, 4) is 11.5 Å². The van der Waals surface area contributed by atoms with Gasteiger partial charge in [-0.1, -0.05) is 38.7 Å². The van der Waals surface area contributed by atoms with Crippen LogP contribution >= 0.6 is 0 Å². The lowest BCUT2D eigenvalue weighted by atomic mass is 10.0. The second-order valence-corrected chi connectivity index (χ2v) is 6.04. The van der Waals surface area contributed by atoms with E-state index in [-0.39, 0.29) is 0 Å². The lowest BCUT2D eigenvalue weighted by molar-refractivity contribution is 0.171. The molecule has 0 saturated heterocycles. The summed E-state index contributed by atoms with van der Waals surface area (Å²) >= 11 is 0. The summed E-state index contributed by atoms with van der Waals surface area (Å²) in [5, 5.41) is 3.68. The number of nitrogens with one attached hydrogen (secondary N) is 1. The van der Waals surface area contributed by atoms with E-state index in [1.54, 1.807) is 0 Å². The predicted molar refractivity (Wildman–Crippen MR) is 87.2 cm³/mol. The minimum absolute atomic E-state index is 0.335. The molecular formula is C18H29NO2. The van der Waals surface area contributed by atoms with Gasteiger partial charge >= 0.3 is 0 Å². The van der Waals surface area contributed by atoms with Gasteiger partial charge in [0.15, 0.2) is 11.5 Å². The van der Waals surface area contributed by atoms with Crippen molar-refractivity contribution in [3.63, 3.8) is 0 Å². The van der Waals surface area contributed by atoms with E-state index >= 15 is 0 Å². The van der Waals surface area contributed by atoms with Crippen LogP contribution in [0.4, 0.5) is 0 Å². The van der Waals surface area contributed by atoms with Crippen molar-refractivity contribution in [2.75, 3.05) is 13.2 Å². The monoisotopic (exact) mass is 291 g/mol. The van der Waals surface area contributed by atoms with Crippen LogP contribution in [-0.2, 0) is 0 Å². The summed E-state index contributed by atoms with van der Waals surface area (Å²) in [6.07, 6.45) is 6.56. The first kappa shape index (κ1) is 16.2. The zero-order valence-electron chi connectivity index (χ0n) is 13.7. The molecule has 0 spiro atoms. The largest absolute Gasteiger partial charge is 0.486 e. The number of unbranched alkanes of at least 4 members (excludes halogenated alkanes) is 3. The fourth-order valence-corrected chi connectivity index (χ4v) is 2.81. The number of hydrogen-bond donors (Lipinski definition) is 1. The normalized spacial score (nSPS) is 16.5. The Balaban J connectivity index is 1.83. The highest BCUT2D eigenvalue weighted by molar-refractivity contribution is 5.44. The molecule has 1 aromatic rings. The quantitative estimate of drug-likeness (QED) is 0.717. The van der Waals surface area contributed by atoms with E-state index in [4.69, 9.17) is 9.47 Å². The van der Waals surface area contributed by atoms with E-state index in [1.807, 2.05) is 6.07 Å². The highest BCUT2D eigenvalue weighted by atomic mass is 16.6. The first-order chi connectivity index (χ1) is 10.2. The zero-order valence-corrected chi connectivity index (χ0v) is 13.7. The topological polar surface area (TPSA) is 30.5 Å². The van der Waals surface area contributed by atoms with E-state index in [9.17, 15) is 0 Å². The van der Waals surface area contributed by atoms with E-state index < -0.39 is 0 Å². The van der Waals surface area contributed by atoms with Gasteiger partial charge in [0.2, 0.25) is 0 Å². The average Bonchev–Trinajstić information content (AvgIpc) is 2.51. The van der Waals surface area contributed by atoms with Crippen LogP contribution in [0.15, 0.2) is 18.2 Å². The van der Waals surface area contributed by atoms with Gasteiger partial charge in [0.25, 0.3) is 0 Å². The van der Waals surface area contributed by atoms with E-state index in [0.717, 1.165) is 11.5 Å². The molecule has 0 bridgehead atoms. The van der Waals surface area contributed by atoms with Gasteiger partial charge in [-0.15, -0.1) is 0 Å². The summed E-state index contributed by atoms with van der Waals surface area (Å²) in [5.41, 5.74) is 1.26. The maximum atomic E-state index is 5.66. The molecule has 1 aromatic carbocycles. The van der Waals surface area contributed by atoms with Gasteiger partial charge in [0, 0.05) is 12.1 Å². The Morgan fingerprint density at radius 1 is 1.05 bits per heavy atom. The Morgan fingerprint density at radius 3 is 2.57 bits per heavy atom. The molecule has 1 heterocycles. The standard InChI is InChI=1S/C18H29NO2/c1-4-5-6-7-8-14(2)19-15(3)16-9-10-17-18(13-16)21-12-11-20-17/h9-10,13-15,19H,4-8,11-12H2,1-3H3. The third kappa shape index (κ3) is 4.92. The molecule has 2 atom stereocenters. The Morgan fingerprint density at radius 2 is 1.81 bits per heavy atom. The molecule has 0 saturated carbocycles. The fraction of sp³-hybridized carbons (Fsp3) is 0.667. The van der Waals surface area contributed by atoms with Crippen LogP contribution in [0.3, 0.4) is 0 Å². The summed E-state index contributed by atoms with van der Waals surface area (Å²) in [4.78, 5) is 0. The molecule has 2 unspecified atom stereocenters. The zero-order chi connectivity index (χ0) is 15.1. The van der Waals surface area contributed by atoms with Crippen molar-refractivity contribution in [2.45, 2.75) is 65.0 Å². The molecule has 2 rings (SSSR count). The number of ether oxygens (including phenoxy) is 2. The number of rotatable bonds is 8. The highest BCUT2D eigenvalue weighted by Crippen LogP contribution is 2.32. The molecule has 1 aliphatic heterocycles. The van der Waals surface area contributed by atoms with Crippen LogP contribution in [0.25, 0.3) is 0 Å². The fourth-order valence-electron chi connectivity index (χ4n) is 2.81. The molecule has 0 aromatic heterocycles. The third-order valence-corrected chi connectivity index (χ3v) is 4.09. The molecule has 0 aliphatic carbocycles. The Bertz CT molecular complexity index is 433. The Kier molecular flexibility index (Phi) is 6.37. The van der Waals surface area contributed by atoms with Crippen molar-refractivity contribution in [1.29, 1.82) is 0 Å². The van der Waals surface area contributed by atoms with E-state index in [2.05, 4.69) is 38.2 Å². The van der Waals surface area contributed by atoms with Gasteiger partial charge in [0.05, 0.1) is 0 Å². The molecule has 1 aliphatic rings. The van der Waals surface area contributed by atoms with Crippen LogP contribution in [-0.4, -0.2) is 19.3 Å². The van der Waals surface area contributed by atoms with Crippen molar-refractivity contribution >= 4 is 0 Å². The molecule has 118 valence electrons. The number of fused-ring (bicyclic) bond motifs is 1. The Hall–Kier alpha value is -1.22. The van der Waals surface area contributed by atoms with Gasteiger partial charge < -0.3 is 14.8 Å². The summed E-state index contributed by atoms with van der Waals surface area (Å²) in [7, 11) is 0. The van der Waals surface area contributed by atoms with Gasteiger partial charge in [-0.3, -0.25) is 0 Å². The molecular weight excluding hydrogens is 262 g/mol. The number of benzene rings is 1. The van der Waals surface area contributed by atoms with Crippen molar-refractivity contribution in [3.05, 3.63) is 23.8 Å². The maximum absolute atomic E-state index is 5.66. The van der Waals surface area contributed by atoms with Crippen LogP contribution in [0.2, 0.25) is 0 Å². The van der Waals surface area contributed by atoms with E-state index in [1.165, 1.54) is 37.7 Å². The van der Waals surface area contributed by atoms with Gasteiger partial charge in [-0.25, -0.2) is 0 Å². The molecule has 3 heteroatoms. The van der Waals surface area contributed by atoms with Crippen LogP contribution in [0.1, 0.15) is 64.5 Å². The lowest BCUT2D eigenvalue weighted by Crippen LogP contribution is -2.29. The second kappa shape index (κ2) is 8.28. The molecule has 0 radical (unpaired) electrons. The summed E-state index contributed by atoms with van der Waals surface area (Å²) in [6, 6.07) is 7.14. The lowest BCUT2D eigenvalue weighted by Gasteiger charge is -2.23. The van der Waals surface area contributed by atoms with Gasteiger partial charge in [-0.2, -0.15) is 0 Å². The van der Waals surface area contributed by atoms with E-state index in [0.29, 0.717) is 25.3 Å². The minimum atomic E-state index is 0.335. The maximum Gasteiger partial charge on any atom is 0.161 e. The van der Waals surface area contributed by atoms with Crippen molar-refractivity contribution in [2.24, 2.45) is 0 Å². The summed E-state index contributed by atoms with van der Waals surface area (Å²) < 4.78 is 11.2. The van der Waals surface area contributed by atoms with Gasteiger partial charge in [-0.05, 0) is 38.0 Å². The highest BCUT2D eigenvalue weighted by Gasteiger charge is 2.15. The van der Waals surface area contributed by atoms with Gasteiger partial charge in [0.1, 0.15) is 13.2 Å². The van der Waals surface area contributed by atoms with Crippen molar-refractivity contribution < 1.29 is 9.47 Å². The van der Waals surface area contributed by atoms with Crippen LogP contribution in [0, 0.1) is 0 Å². The smallest absolute Gasteiger partial charge is 0.161 e. The molecule has 1 N–H and O–H groups in total. The third-order valence-electron chi connectivity index (χ3n) is 4.09. The average molecular weight is 291 g/mol. The second-order valence-electron chi connectivity index (χ2n) is 6.04. The predicted octanol–water partition coefficient (Wildman–Crippen LogP) is 4.47. The SMILES string of the molecule is CCCCCCC(C)NC(C)c1ccc2c(c1)OCCO2. The molecule has 0 fully saturated rings. The minimum Gasteiger partial charge on any atom is -0.486 e. The molecule has 3 nitrogen and oxygen atoms in total.